The number of fused-ring (bicyclic) bond motifs is 1. The Morgan fingerprint density at radius 2 is 2.37 bits per heavy atom. The molecule has 0 bridgehead atoms. The molecular weight excluding hydrogens is 263 g/mol. The molecule has 0 radical (unpaired) electrons. The summed E-state index contributed by atoms with van der Waals surface area (Å²) >= 11 is 1.61. The van der Waals surface area contributed by atoms with Gasteiger partial charge in [0.2, 0.25) is 5.95 Å². The fourth-order valence-electron chi connectivity index (χ4n) is 1.96. The van der Waals surface area contributed by atoms with Crippen molar-refractivity contribution in [3.05, 3.63) is 40.6 Å². The molecule has 2 heterocycles. The molecule has 0 saturated heterocycles. The number of hydrogen-bond donors (Lipinski definition) is 2. The molecule has 3 aromatic rings. The lowest BCUT2D eigenvalue weighted by Crippen LogP contribution is -2.10. The average Bonchev–Trinajstić information content (AvgIpc) is 3.04. The number of nitrogens with zero attached hydrogens (tertiary/aromatic N) is 2. The molecule has 3 rings (SSSR count). The molecule has 2 N–H and O–H groups in total. The fraction of sp³-hybridized carbons (Fsp3) is 0.231. The zero-order chi connectivity index (χ0) is 13.2. The smallest absolute Gasteiger partial charge is 0.201 e. The third-order valence-electron chi connectivity index (χ3n) is 2.91. The number of hydrogen-bond acceptors (Lipinski definition) is 4. The average molecular weight is 276 g/mol. The first-order chi connectivity index (χ1) is 9.26. The van der Waals surface area contributed by atoms with Crippen molar-refractivity contribution in [1.82, 2.24) is 15.0 Å². The van der Waals surface area contributed by atoms with E-state index in [2.05, 4.69) is 27.2 Å². The number of imidazole rings is 1. The molecule has 0 amide bonds. The first-order valence-electron chi connectivity index (χ1n) is 6.07. The summed E-state index contributed by atoms with van der Waals surface area (Å²) in [5, 5.41) is 6.27. The molecular formula is C13H13FN4S. The maximum absolute atomic E-state index is 13.1. The highest BCUT2D eigenvalue weighted by molar-refractivity contribution is 7.09. The molecule has 0 aliphatic heterocycles. The first-order valence-corrected chi connectivity index (χ1v) is 6.95. The van der Waals surface area contributed by atoms with Gasteiger partial charge in [0.1, 0.15) is 10.8 Å². The van der Waals surface area contributed by atoms with Gasteiger partial charge in [0, 0.05) is 11.6 Å². The lowest BCUT2D eigenvalue weighted by atomic mass is 10.2. The molecule has 0 aliphatic carbocycles. The van der Waals surface area contributed by atoms with Crippen molar-refractivity contribution in [1.29, 1.82) is 0 Å². The highest BCUT2D eigenvalue weighted by atomic mass is 32.1. The highest BCUT2D eigenvalue weighted by Crippen LogP contribution is 2.24. The molecule has 0 spiro atoms. The van der Waals surface area contributed by atoms with Crippen LogP contribution in [0.15, 0.2) is 29.8 Å². The van der Waals surface area contributed by atoms with E-state index in [9.17, 15) is 4.39 Å². The van der Waals surface area contributed by atoms with Crippen LogP contribution in [0.3, 0.4) is 0 Å². The first kappa shape index (κ1) is 12.1. The standard InChI is InChI=1S/C13H13FN4S/c1-2-9(12-15-5-6-19-12)16-13-17-10-4-3-8(14)7-11(10)18-13/h3-7,9H,2H2,1H3,(H2,16,17,18). The number of aromatic amines is 1. The molecule has 19 heavy (non-hydrogen) atoms. The number of rotatable bonds is 4. The normalized spacial score (nSPS) is 12.7. The fourth-order valence-corrected chi connectivity index (χ4v) is 2.73. The second-order valence-electron chi connectivity index (χ2n) is 4.22. The Morgan fingerprint density at radius 1 is 1.47 bits per heavy atom. The van der Waals surface area contributed by atoms with Crippen molar-refractivity contribution in [2.75, 3.05) is 5.32 Å². The van der Waals surface area contributed by atoms with Gasteiger partial charge in [-0.25, -0.2) is 14.4 Å². The van der Waals surface area contributed by atoms with E-state index in [-0.39, 0.29) is 11.9 Å². The zero-order valence-electron chi connectivity index (χ0n) is 10.4. The Bertz CT molecular complexity index is 677. The summed E-state index contributed by atoms with van der Waals surface area (Å²) in [5.74, 6) is 0.373. The van der Waals surface area contributed by atoms with Crippen LogP contribution in [-0.4, -0.2) is 15.0 Å². The van der Waals surface area contributed by atoms with Crippen LogP contribution in [0.5, 0.6) is 0 Å². The van der Waals surface area contributed by atoms with Gasteiger partial charge < -0.3 is 10.3 Å². The van der Waals surface area contributed by atoms with E-state index in [4.69, 9.17) is 0 Å². The molecule has 4 nitrogen and oxygen atoms in total. The van der Waals surface area contributed by atoms with Gasteiger partial charge in [-0.2, -0.15) is 0 Å². The van der Waals surface area contributed by atoms with Crippen LogP contribution in [-0.2, 0) is 0 Å². The minimum atomic E-state index is -0.269. The predicted octanol–water partition coefficient (Wildman–Crippen LogP) is 3.72. The minimum absolute atomic E-state index is 0.116. The van der Waals surface area contributed by atoms with E-state index in [0.717, 1.165) is 16.9 Å². The van der Waals surface area contributed by atoms with E-state index >= 15 is 0 Å². The van der Waals surface area contributed by atoms with Gasteiger partial charge in [-0.1, -0.05) is 6.92 Å². The third kappa shape index (κ3) is 2.44. The van der Waals surface area contributed by atoms with E-state index in [1.165, 1.54) is 12.1 Å². The van der Waals surface area contributed by atoms with Gasteiger partial charge in [0.05, 0.1) is 17.1 Å². The van der Waals surface area contributed by atoms with Crippen molar-refractivity contribution in [3.8, 4) is 0 Å². The van der Waals surface area contributed by atoms with E-state index in [0.29, 0.717) is 11.5 Å². The van der Waals surface area contributed by atoms with Crippen LogP contribution >= 0.6 is 11.3 Å². The largest absolute Gasteiger partial charge is 0.347 e. The van der Waals surface area contributed by atoms with E-state index in [1.807, 2.05) is 5.38 Å². The summed E-state index contributed by atoms with van der Waals surface area (Å²) in [5.41, 5.74) is 1.44. The summed E-state index contributed by atoms with van der Waals surface area (Å²) in [6.45, 7) is 2.08. The molecule has 1 unspecified atom stereocenters. The number of thiazole rings is 1. The van der Waals surface area contributed by atoms with Gasteiger partial charge >= 0.3 is 0 Å². The van der Waals surface area contributed by atoms with Crippen LogP contribution in [0.1, 0.15) is 24.4 Å². The van der Waals surface area contributed by atoms with Gasteiger partial charge in [0.15, 0.2) is 0 Å². The molecule has 0 fully saturated rings. The Morgan fingerprint density at radius 3 is 3.11 bits per heavy atom. The summed E-state index contributed by atoms with van der Waals surface area (Å²) < 4.78 is 13.1. The predicted molar refractivity (Wildman–Crippen MR) is 74.8 cm³/mol. The van der Waals surface area contributed by atoms with Crippen LogP contribution in [0, 0.1) is 5.82 Å². The van der Waals surface area contributed by atoms with Gasteiger partial charge in [-0.15, -0.1) is 11.3 Å². The summed E-state index contributed by atoms with van der Waals surface area (Å²) in [7, 11) is 0. The van der Waals surface area contributed by atoms with Crippen molar-refractivity contribution in [2.45, 2.75) is 19.4 Å². The summed E-state index contributed by atoms with van der Waals surface area (Å²) in [6, 6.07) is 4.63. The molecule has 6 heteroatoms. The summed E-state index contributed by atoms with van der Waals surface area (Å²) in [6.07, 6.45) is 2.69. The molecule has 1 aromatic carbocycles. The Hall–Kier alpha value is -1.95. The van der Waals surface area contributed by atoms with Crippen molar-refractivity contribution in [3.63, 3.8) is 0 Å². The Kier molecular flexibility index (Phi) is 3.16. The molecule has 0 aliphatic rings. The van der Waals surface area contributed by atoms with Crippen molar-refractivity contribution >= 4 is 28.3 Å². The number of nitrogens with one attached hydrogen (secondary N) is 2. The molecule has 2 aromatic heterocycles. The van der Waals surface area contributed by atoms with Crippen LogP contribution in [0.2, 0.25) is 0 Å². The van der Waals surface area contributed by atoms with Crippen molar-refractivity contribution < 1.29 is 4.39 Å². The lowest BCUT2D eigenvalue weighted by molar-refractivity contribution is 0.629. The van der Waals surface area contributed by atoms with Gasteiger partial charge in [-0.3, -0.25) is 0 Å². The van der Waals surface area contributed by atoms with E-state index in [1.54, 1.807) is 23.6 Å². The minimum Gasteiger partial charge on any atom is -0.347 e. The molecule has 98 valence electrons. The molecule has 1 atom stereocenters. The van der Waals surface area contributed by atoms with Crippen LogP contribution in [0.4, 0.5) is 10.3 Å². The molecule has 0 saturated carbocycles. The second-order valence-corrected chi connectivity index (χ2v) is 5.15. The van der Waals surface area contributed by atoms with Crippen LogP contribution in [0.25, 0.3) is 11.0 Å². The van der Waals surface area contributed by atoms with E-state index < -0.39 is 0 Å². The Labute approximate surface area is 113 Å². The number of aromatic nitrogens is 3. The number of anilines is 1. The summed E-state index contributed by atoms with van der Waals surface area (Å²) in [4.78, 5) is 11.8. The van der Waals surface area contributed by atoms with Gasteiger partial charge in [0.25, 0.3) is 0 Å². The number of benzene rings is 1. The SMILES string of the molecule is CCC(Nc1nc2ccc(F)cc2[nH]1)c1nccs1. The topological polar surface area (TPSA) is 53.6 Å². The maximum Gasteiger partial charge on any atom is 0.201 e. The quantitative estimate of drug-likeness (QED) is 0.763. The third-order valence-corrected chi connectivity index (χ3v) is 3.80. The van der Waals surface area contributed by atoms with Gasteiger partial charge in [-0.05, 0) is 24.6 Å². The zero-order valence-corrected chi connectivity index (χ0v) is 11.2. The second kappa shape index (κ2) is 4.97. The Balaban J connectivity index is 1.88. The van der Waals surface area contributed by atoms with Crippen molar-refractivity contribution in [2.24, 2.45) is 0 Å². The monoisotopic (exact) mass is 276 g/mol. The number of halogens is 1. The lowest BCUT2D eigenvalue weighted by Gasteiger charge is -2.12. The highest BCUT2D eigenvalue weighted by Gasteiger charge is 2.13. The number of H-pyrrole nitrogens is 1. The maximum atomic E-state index is 13.1. The van der Waals surface area contributed by atoms with Crippen LogP contribution < -0.4 is 5.32 Å².